The van der Waals surface area contributed by atoms with Crippen molar-refractivity contribution in [2.75, 3.05) is 13.6 Å². The first-order valence-electron chi connectivity index (χ1n) is 9.48. The second kappa shape index (κ2) is 8.05. The maximum atomic E-state index is 12.8. The van der Waals surface area contributed by atoms with Gasteiger partial charge < -0.3 is 4.90 Å². The lowest BCUT2D eigenvalue weighted by Gasteiger charge is -2.40. The number of hydrogen-bond donors (Lipinski definition) is 0. The van der Waals surface area contributed by atoms with E-state index < -0.39 is 0 Å². The van der Waals surface area contributed by atoms with E-state index in [1.54, 1.807) is 12.3 Å². The number of carbonyl (C=O) groups excluding carboxylic acids is 2. The molecule has 0 N–H and O–H groups in total. The van der Waals surface area contributed by atoms with E-state index >= 15 is 0 Å². The van der Waals surface area contributed by atoms with E-state index in [1.165, 1.54) is 22.7 Å². The number of likely N-dealkylation sites (tertiary alicyclic amines) is 1. The number of amides is 1. The quantitative estimate of drug-likeness (QED) is 0.777. The van der Waals surface area contributed by atoms with Crippen LogP contribution < -0.4 is 0 Å². The maximum Gasteiger partial charge on any atom is 0.344 e. The molecule has 1 amide bonds. The van der Waals surface area contributed by atoms with Crippen molar-refractivity contribution in [3.8, 4) is 0 Å². The van der Waals surface area contributed by atoms with E-state index in [0.29, 0.717) is 18.3 Å². The van der Waals surface area contributed by atoms with Gasteiger partial charge in [0.1, 0.15) is 5.69 Å². The number of piperidine rings is 1. The molecule has 0 spiro atoms. The number of benzene rings is 1. The Bertz CT molecular complexity index is 829. The van der Waals surface area contributed by atoms with E-state index in [1.807, 2.05) is 4.90 Å². The minimum absolute atomic E-state index is 0.126. The molecule has 2 aromatic rings. The van der Waals surface area contributed by atoms with Crippen LogP contribution in [-0.2, 0) is 6.54 Å². The Kier molecular flexibility index (Phi) is 5.75. The fraction of sp³-hybridized carbons (Fsp3) is 0.476. The van der Waals surface area contributed by atoms with Crippen molar-refractivity contribution in [3.63, 3.8) is 0 Å². The smallest absolute Gasteiger partial charge is 0.320 e. The average molecular weight is 368 g/mol. The predicted molar refractivity (Wildman–Crippen MR) is 105 cm³/mol. The van der Waals surface area contributed by atoms with Crippen LogP contribution in [0.5, 0.6) is 0 Å². The van der Waals surface area contributed by atoms with Gasteiger partial charge in [0.05, 0.1) is 0 Å². The van der Waals surface area contributed by atoms with Gasteiger partial charge in [-0.2, -0.15) is 9.78 Å². The summed E-state index contributed by atoms with van der Waals surface area (Å²) in [6.45, 7) is 7.25. The molecule has 144 valence electrons. The van der Waals surface area contributed by atoms with Crippen molar-refractivity contribution < 1.29 is 9.59 Å². The van der Waals surface area contributed by atoms with Crippen LogP contribution in [0, 0.1) is 6.92 Å². The molecule has 1 aromatic heterocycles. The average Bonchev–Trinajstić information content (AvgIpc) is 3.11. The molecule has 0 saturated carbocycles. The van der Waals surface area contributed by atoms with Gasteiger partial charge in [0.15, 0.2) is 5.78 Å². The van der Waals surface area contributed by atoms with Gasteiger partial charge in [-0.25, -0.2) is 4.79 Å². The molecule has 6 heteroatoms. The second-order valence-corrected chi connectivity index (χ2v) is 7.61. The number of aromatic nitrogens is 2. The van der Waals surface area contributed by atoms with Gasteiger partial charge in [-0.3, -0.25) is 9.69 Å². The van der Waals surface area contributed by atoms with Gasteiger partial charge in [0, 0.05) is 38.3 Å². The molecule has 0 aliphatic carbocycles. The van der Waals surface area contributed by atoms with Crippen molar-refractivity contribution in [2.45, 2.75) is 52.2 Å². The summed E-state index contributed by atoms with van der Waals surface area (Å²) in [5.74, 6) is -0.133. The molecule has 1 saturated heterocycles. The van der Waals surface area contributed by atoms with E-state index in [4.69, 9.17) is 0 Å². The van der Waals surface area contributed by atoms with Gasteiger partial charge in [0.25, 0.3) is 0 Å². The first-order chi connectivity index (χ1) is 12.8. The predicted octanol–water partition coefficient (Wildman–Crippen LogP) is 3.35. The van der Waals surface area contributed by atoms with Gasteiger partial charge >= 0.3 is 6.03 Å². The third-order valence-corrected chi connectivity index (χ3v) is 5.38. The Labute approximate surface area is 160 Å². The van der Waals surface area contributed by atoms with Crippen LogP contribution in [0.2, 0.25) is 0 Å². The lowest BCUT2D eigenvalue weighted by molar-refractivity contribution is 0.0974. The largest absolute Gasteiger partial charge is 0.344 e. The van der Waals surface area contributed by atoms with Gasteiger partial charge in [0.2, 0.25) is 0 Å². The molecule has 6 nitrogen and oxygen atoms in total. The fourth-order valence-electron chi connectivity index (χ4n) is 3.81. The van der Waals surface area contributed by atoms with Crippen molar-refractivity contribution in [1.29, 1.82) is 0 Å². The van der Waals surface area contributed by atoms with Crippen LogP contribution >= 0.6 is 0 Å². The highest BCUT2D eigenvalue weighted by Gasteiger charge is 2.31. The minimum atomic E-state index is -0.158. The van der Waals surface area contributed by atoms with Gasteiger partial charge in [-0.15, -0.1) is 0 Å². The Hall–Kier alpha value is -2.47. The molecule has 0 radical (unpaired) electrons. The van der Waals surface area contributed by atoms with Crippen LogP contribution in [-0.4, -0.2) is 57.1 Å². The SMILES string of the molecule is CC(=O)c1ccn(C(=O)N2CC[C@@H](N(C)Cc3cccc(C)c3)C[C@@H]2C)n1. The minimum Gasteiger partial charge on any atom is -0.320 e. The molecule has 2 atom stereocenters. The highest BCUT2D eigenvalue weighted by atomic mass is 16.2. The number of rotatable bonds is 4. The summed E-state index contributed by atoms with van der Waals surface area (Å²) in [5.41, 5.74) is 2.92. The Balaban J connectivity index is 1.61. The Morgan fingerprint density at radius 3 is 2.70 bits per heavy atom. The second-order valence-electron chi connectivity index (χ2n) is 7.61. The molecule has 0 unspecified atom stereocenters. The molecular formula is C21H28N4O2. The number of Topliss-reactive ketones (excluding diaryl/α,β-unsaturated/α-hetero) is 1. The van der Waals surface area contributed by atoms with E-state index in [2.05, 4.69) is 55.2 Å². The lowest BCUT2D eigenvalue weighted by Crippen LogP contribution is -2.51. The number of ketones is 1. The molecule has 2 heterocycles. The number of nitrogens with zero attached hydrogens (tertiary/aromatic N) is 4. The lowest BCUT2D eigenvalue weighted by atomic mass is 9.97. The molecule has 1 aliphatic rings. The molecule has 1 aromatic carbocycles. The third kappa shape index (κ3) is 4.45. The van der Waals surface area contributed by atoms with E-state index in [0.717, 1.165) is 19.4 Å². The van der Waals surface area contributed by atoms with Crippen LogP contribution in [0.4, 0.5) is 4.79 Å². The zero-order valence-corrected chi connectivity index (χ0v) is 16.6. The standard InChI is InChI=1S/C21H28N4O2/c1-15-6-5-7-18(12-15)14-23(4)19-8-10-24(16(2)13-19)21(27)25-11-9-20(22-25)17(3)26/h5-7,9,11-12,16,19H,8,10,13-14H2,1-4H3/t16-,19+/m0/s1. The summed E-state index contributed by atoms with van der Waals surface area (Å²) < 4.78 is 1.28. The topological polar surface area (TPSA) is 58.4 Å². The van der Waals surface area contributed by atoms with Crippen molar-refractivity contribution in [1.82, 2.24) is 19.6 Å². The molecule has 27 heavy (non-hydrogen) atoms. The number of carbonyl (C=O) groups is 2. The van der Waals surface area contributed by atoms with Crippen molar-refractivity contribution in [3.05, 3.63) is 53.3 Å². The fourth-order valence-corrected chi connectivity index (χ4v) is 3.81. The van der Waals surface area contributed by atoms with Crippen molar-refractivity contribution in [2.24, 2.45) is 0 Å². The third-order valence-electron chi connectivity index (χ3n) is 5.38. The normalized spacial score (nSPS) is 20.1. The zero-order valence-electron chi connectivity index (χ0n) is 16.6. The molecule has 1 aliphatic heterocycles. The van der Waals surface area contributed by atoms with Gasteiger partial charge in [-0.1, -0.05) is 29.8 Å². The van der Waals surface area contributed by atoms with Crippen LogP contribution in [0.15, 0.2) is 36.5 Å². The highest BCUT2D eigenvalue weighted by molar-refractivity contribution is 5.92. The summed E-state index contributed by atoms with van der Waals surface area (Å²) >= 11 is 0. The van der Waals surface area contributed by atoms with E-state index in [9.17, 15) is 9.59 Å². The highest BCUT2D eigenvalue weighted by Crippen LogP contribution is 2.23. The van der Waals surface area contributed by atoms with Crippen molar-refractivity contribution >= 4 is 11.8 Å². The summed E-state index contributed by atoms with van der Waals surface area (Å²) in [6, 6.07) is 10.6. The maximum absolute atomic E-state index is 12.8. The first kappa shape index (κ1) is 19.3. The zero-order chi connectivity index (χ0) is 19.6. The summed E-state index contributed by atoms with van der Waals surface area (Å²) in [6.07, 6.45) is 3.43. The summed E-state index contributed by atoms with van der Waals surface area (Å²) in [5, 5.41) is 4.10. The van der Waals surface area contributed by atoms with Crippen LogP contribution in [0.1, 0.15) is 48.3 Å². The van der Waals surface area contributed by atoms with Crippen LogP contribution in [0.3, 0.4) is 0 Å². The van der Waals surface area contributed by atoms with Gasteiger partial charge in [-0.05, 0) is 45.4 Å². The van der Waals surface area contributed by atoms with E-state index in [-0.39, 0.29) is 17.9 Å². The Morgan fingerprint density at radius 2 is 2.07 bits per heavy atom. The number of hydrogen-bond acceptors (Lipinski definition) is 4. The summed E-state index contributed by atoms with van der Waals surface area (Å²) in [4.78, 5) is 28.4. The number of aryl methyl sites for hydroxylation is 1. The first-order valence-corrected chi connectivity index (χ1v) is 9.48. The monoisotopic (exact) mass is 368 g/mol. The van der Waals surface area contributed by atoms with Crippen LogP contribution in [0.25, 0.3) is 0 Å². The molecular weight excluding hydrogens is 340 g/mol. The molecule has 0 bridgehead atoms. The Morgan fingerprint density at radius 1 is 1.30 bits per heavy atom. The molecule has 1 fully saturated rings. The molecule has 3 rings (SSSR count). The summed E-state index contributed by atoms with van der Waals surface area (Å²) in [7, 11) is 2.16.